The first-order chi connectivity index (χ1) is 5.90. The van der Waals surface area contributed by atoms with E-state index in [0.29, 0.717) is 0 Å². The summed E-state index contributed by atoms with van der Waals surface area (Å²) in [6, 6.07) is 0. The van der Waals surface area contributed by atoms with Crippen LogP contribution in [0.4, 0.5) is 0 Å². The van der Waals surface area contributed by atoms with E-state index in [0.717, 1.165) is 0 Å². The second-order valence-corrected chi connectivity index (χ2v) is 2.96. The van der Waals surface area contributed by atoms with Gasteiger partial charge in [-0.05, 0) is 6.42 Å². The first kappa shape index (κ1) is 15.3. The Morgan fingerprint density at radius 2 is 1.38 bits per heavy atom. The lowest BCUT2D eigenvalue weighted by molar-refractivity contribution is -0.354. The van der Waals surface area contributed by atoms with E-state index >= 15 is 0 Å². The fourth-order valence-corrected chi connectivity index (χ4v) is 0.627. The van der Waals surface area contributed by atoms with Crippen LogP contribution in [0.2, 0.25) is 0 Å². The molecular weight excluding hydrogens is 172 g/mol. The zero-order valence-corrected chi connectivity index (χ0v) is 8.69. The third-order valence-electron chi connectivity index (χ3n) is 1.54. The maximum Gasteiger partial charge on any atom is 0.302 e. The Labute approximate surface area is 79.8 Å². The van der Waals surface area contributed by atoms with Gasteiger partial charge in [-0.25, -0.2) is 0 Å². The van der Waals surface area contributed by atoms with Gasteiger partial charge in [0.15, 0.2) is 0 Å². The molecule has 0 bridgehead atoms. The molecule has 13 heavy (non-hydrogen) atoms. The summed E-state index contributed by atoms with van der Waals surface area (Å²) in [5, 5.41) is 32.9. The number of rotatable bonds is 4. The predicted molar refractivity (Wildman–Crippen MR) is 50.9 cm³/mol. The van der Waals surface area contributed by atoms with Crippen LogP contribution in [0.3, 0.4) is 0 Å². The van der Waals surface area contributed by atoms with Gasteiger partial charge in [-0.1, -0.05) is 40.0 Å². The fraction of sp³-hybridized carbons (Fsp3) is 1.00. The summed E-state index contributed by atoms with van der Waals surface area (Å²) in [6.07, 6.45) is 2.69. The van der Waals surface area contributed by atoms with Crippen LogP contribution in [-0.4, -0.2) is 32.5 Å². The highest BCUT2D eigenvalue weighted by Gasteiger charge is 2.27. The second-order valence-electron chi connectivity index (χ2n) is 2.96. The number of aliphatic hydroxyl groups excluding tert-OH is 1. The van der Waals surface area contributed by atoms with Crippen molar-refractivity contribution in [1.29, 1.82) is 0 Å². The van der Waals surface area contributed by atoms with Crippen molar-refractivity contribution in [3.8, 4) is 0 Å². The molecule has 82 valence electrons. The van der Waals surface area contributed by atoms with E-state index in [4.69, 9.17) is 20.4 Å². The van der Waals surface area contributed by atoms with Gasteiger partial charge in [-0.2, -0.15) is 0 Å². The Balaban J connectivity index is 0. The van der Waals surface area contributed by atoms with Gasteiger partial charge in [0.25, 0.3) is 0 Å². The van der Waals surface area contributed by atoms with Crippen molar-refractivity contribution < 1.29 is 20.4 Å². The first-order valence-corrected chi connectivity index (χ1v) is 4.75. The number of unbranched alkanes of at least 4 members (excludes halogenated alkanes) is 2. The van der Waals surface area contributed by atoms with Crippen LogP contribution in [-0.2, 0) is 0 Å². The number of aliphatic hydroxyl groups is 4. The zero-order chi connectivity index (χ0) is 10.9. The Bertz CT molecular complexity index is 96.3. The SMILES string of the molecule is CCC(O)C(O)(O)O.CCCCC. The van der Waals surface area contributed by atoms with E-state index in [2.05, 4.69) is 13.8 Å². The Morgan fingerprint density at radius 1 is 1.00 bits per heavy atom. The fourth-order valence-electron chi connectivity index (χ4n) is 0.627. The van der Waals surface area contributed by atoms with E-state index in [9.17, 15) is 0 Å². The van der Waals surface area contributed by atoms with Crippen molar-refractivity contribution in [2.75, 3.05) is 0 Å². The smallest absolute Gasteiger partial charge is 0.302 e. The summed E-state index contributed by atoms with van der Waals surface area (Å²) >= 11 is 0. The van der Waals surface area contributed by atoms with Crippen LogP contribution in [0.25, 0.3) is 0 Å². The molecule has 1 atom stereocenters. The van der Waals surface area contributed by atoms with E-state index in [-0.39, 0.29) is 6.42 Å². The Hall–Kier alpha value is -0.160. The topological polar surface area (TPSA) is 80.9 Å². The van der Waals surface area contributed by atoms with Crippen molar-refractivity contribution in [3.63, 3.8) is 0 Å². The molecule has 0 saturated heterocycles. The van der Waals surface area contributed by atoms with Crippen molar-refractivity contribution in [1.82, 2.24) is 0 Å². The van der Waals surface area contributed by atoms with Crippen molar-refractivity contribution in [2.24, 2.45) is 0 Å². The normalized spacial score (nSPS) is 13.2. The first-order valence-electron chi connectivity index (χ1n) is 4.75. The standard InChI is InChI=1S/C5H12.C4H10O4/c1-3-5-4-2;1-2-3(5)4(6,7)8/h3-5H2,1-2H3;3,5-8H,2H2,1H3. The van der Waals surface area contributed by atoms with Gasteiger partial charge in [-0.3, -0.25) is 0 Å². The molecule has 1 unspecified atom stereocenters. The summed E-state index contributed by atoms with van der Waals surface area (Å²) < 4.78 is 0. The molecule has 0 saturated carbocycles. The molecule has 0 aromatic rings. The van der Waals surface area contributed by atoms with Crippen LogP contribution in [0, 0.1) is 0 Å². The van der Waals surface area contributed by atoms with E-state index in [1.54, 1.807) is 0 Å². The molecule has 0 spiro atoms. The molecule has 0 aliphatic rings. The molecule has 0 radical (unpaired) electrons. The summed E-state index contributed by atoms with van der Waals surface area (Å²) in [7, 11) is 0. The van der Waals surface area contributed by atoms with Gasteiger partial charge in [-0.15, -0.1) is 0 Å². The van der Waals surface area contributed by atoms with Gasteiger partial charge in [0.1, 0.15) is 6.10 Å². The minimum Gasteiger partial charge on any atom is -0.385 e. The zero-order valence-electron chi connectivity index (χ0n) is 8.69. The molecule has 0 amide bonds. The third-order valence-corrected chi connectivity index (χ3v) is 1.54. The summed E-state index contributed by atoms with van der Waals surface area (Å²) in [5.74, 6) is -2.94. The maximum atomic E-state index is 8.44. The Morgan fingerprint density at radius 3 is 1.38 bits per heavy atom. The van der Waals surface area contributed by atoms with Gasteiger partial charge in [0, 0.05) is 0 Å². The number of hydrogen-bond acceptors (Lipinski definition) is 4. The van der Waals surface area contributed by atoms with Gasteiger partial charge >= 0.3 is 5.97 Å². The van der Waals surface area contributed by atoms with Crippen LogP contribution in [0.1, 0.15) is 46.5 Å². The average molecular weight is 194 g/mol. The second kappa shape index (κ2) is 8.44. The molecule has 0 fully saturated rings. The lowest BCUT2D eigenvalue weighted by Gasteiger charge is -2.18. The van der Waals surface area contributed by atoms with Crippen LogP contribution in [0.15, 0.2) is 0 Å². The van der Waals surface area contributed by atoms with E-state index in [1.165, 1.54) is 26.2 Å². The van der Waals surface area contributed by atoms with Gasteiger partial charge in [0.05, 0.1) is 0 Å². The van der Waals surface area contributed by atoms with Crippen molar-refractivity contribution in [2.45, 2.75) is 58.5 Å². The van der Waals surface area contributed by atoms with Crippen LogP contribution in [0.5, 0.6) is 0 Å². The Kier molecular flexibility index (Phi) is 9.94. The minimum atomic E-state index is -2.94. The van der Waals surface area contributed by atoms with E-state index in [1.807, 2.05) is 0 Å². The van der Waals surface area contributed by atoms with Crippen LogP contribution >= 0.6 is 0 Å². The minimum absolute atomic E-state index is 0.101. The lowest BCUT2D eigenvalue weighted by atomic mass is 10.2. The predicted octanol–water partition coefficient (Wildman–Crippen LogP) is 0.585. The molecule has 4 nitrogen and oxygen atoms in total. The van der Waals surface area contributed by atoms with Gasteiger partial charge < -0.3 is 20.4 Å². The molecule has 4 heteroatoms. The molecular formula is C9H22O4. The molecule has 0 heterocycles. The molecule has 0 aromatic heterocycles. The number of hydrogen-bond donors (Lipinski definition) is 4. The maximum absolute atomic E-state index is 8.44. The van der Waals surface area contributed by atoms with Crippen molar-refractivity contribution >= 4 is 0 Å². The lowest BCUT2D eigenvalue weighted by Crippen LogP contribution is -2.41. The average Bonchev–Trinajstić information content (AvgIpc) is 2.04. The van der Waals surface area contributed by atoms with Crippen LogP contribution < -0.4 is 0 Å². The molecule has 0 aromatic carbocycles. The largest absolute Gasteiger partial charge is 0.385 e. The van der Waals surface area contributed by atoms with Crippen molar-refractivity contribution in [3.05, 3.63) is 0 Å². The molecule has 0 rings (SSSR count). The monoisotopic (exact) mass is 194 g/mol. The summed E-state index contributed by atoms with van der Waals surface area (Å²) in [5.41, 5.74) is 0. The highest BCUT2D eigenvalue weighted by molar-refractivity contribution is 4.58. The quantitative estimate of drug-likeness (QED) is 0.494. The molecule has 0 aliphatic carbocycles. The highest BCUT2D eigenvalue weighted by Crippen LogP contribution is 2.03. The van der Waals surface area contributed by atoms with E-state index < -0.39 is 12.1 Å². The molecule has 0 aliphatic heterocycles. The summed E-state index contributed by atoms with van der Waals surface area (Å²) in [4.78, 5) is 0. The molecule has 4 N–H and O–H groups in total. The third kappa shape index (κ3) is 11.8. The highest BCUT2D eigenvalue weighted by atomic mass is 16.7. The van der Waals surface area contributed by atoms with Gasteiger partial charge in [0.2, 0.25) is 0 Å². The summed E-state index contributed by atoms with van der Waals surface area (Å²) in [6.45, 7) is 5.94.